The van der Waals surface area contributed by atoms with E-state index < -0.39 is 0 Å². The highest BCUT2D eigenvalue weighted by atomic mass is 14.6. The minimum atomic E-state index is 0.337. The predicted molar refractivity (Wildman–Crippen MR) is 51.5 cm³/mol. The van der Waals surface area contributed by atoms with Gasteiger partial charge in [0.1, 0.15) is 0 Å². The highest BCUT2D eigenvalue weighted by Gasteiger charge is 2.02. The van der Waals surface area contributed by atoms with Crippen LogP contribution in [0.1, 0.15) is 40.5 Å². The fourth-order valence-electron chi connectivity index (χ4n) is 1.16. The van der Waals surface area contributed by atoms with E-state index in [-0.39, 0.29) is 0 Å². The van der Waals surface area contributed by atoms with Crippen LogP contribution in [0.2, 0.25) is 0 Å². The quantitative estimate of drug-likeness (QED) is 0.621. The molecule has 0 bridgehead atoms. The molecule has 0 saturated heterocycles. The first-order valence-corrected chi connectivity index (χ1v) is 4.48. The van der Waals surface area contributed by atoms with E-state index in [2.05, 4.69) is 33.8 Å². The molecule has 0 amide bonds. The molecule has 0 rings (SSSR count). The van der Waals surface area contributed by atoms with E-state index in [0.29, 0.717) is 12.0 Å². The molecule has 0 fully saturated rings. The summed E-state index contributed by atoms with van der Waals surface area (Å²) in [6, 6.07) is 0.337. The van der Waals surface area contributed by atoms with Crippen molar-refractivity contribution in [2.75, 3.05) is 0 Å². The predicted octanol–water partition coefficient (Wildman–Crippen LogP) is 2.72. The third-order valence-electron chi connectivity index (χ3n) is 2.00. The summed E-state index contributed by atoms with van der Waals surface area (Å²) in [5.74, 6) is 0.679. The van der Waals surface area contributed by atoms with Crippen LogP contribution in [-0.4, -0.2) is 6.04 Å². The Morgan fingerprint density at radius 1 is 1.36 bits per heavy atom. The molecule has 0 radical (unpaired) electrons. The Morgan fingerprint density at radius 2 is 1.91 bits per heavy atom. The van der Waals surface area contributed by atoms with Crippen LogP contribution in [0.25, 0.3) is 0 Å². The van der Waals surface area contributed by atoms with E-state index in [1.54, 1.807) is 0 Å². The van der Waals surface area contributed by atoms with E-state index in [9.17, 15) is 0 Å². The summed E-state index contributed by atoms with van der Waals surface area (Å²) in [4.78, 5) is 0. The lowest BCUT2D eigenvalue weighted by Gasteiger charge is -2.11. The van der Waals surface area contributed by atoms with Gasteiger partial charge < -0.3 is 5.73 Å². The smallest absolute Gasteiger partial charge is 0.00135 e. The second-order valence-corrected chi connectivity index (χ2v) is 3.53. The molecule has 0 spiro atoms. The number of hydrogen-bond donors (Lipinski definition) is 1. The number of rotatable bonds is 4. The summed E-state index contributed by atoms with van der Waals surface area (Å²) in [5.41, 5.74) is 7.20. The van der Waals surface area contributed by atoms with Crippen molar-refractivity contribution < 1.29 is 0 Å². The maximum absolute atomic E-state index is 5.67. The summed E-state index contributed by atoms with van der Waals surface area (Å²) in [6.45, 7) is 8.64. The van der Waals surface area contributed by atoms with Gasteiger partial charge in [-0.3, -0.25) is 0 Å². The van der Waals surface area contributed by atoms with Gasteiger partial charge in [0.25, 0.3) is 0 Å². The highest BCUT2D eigenvalue weighted by molar-refractivity contribution is 5.03. The Hall–Kier alpha value is -0.300. The van der Waals surface area contributed by atoms with Crippen molar-refractivity contribution in [3.05, 3.63) is 11.6 Å². The molecule has 0 aliphatic rings. The highest BCUT2D eigenvalue weighted by Crippen LogP contribution is 2.15. The van der Waals surface area contributed by atoms with Crippen LogP contribution in [0.3, 0.4) is 0 Å². The Bertz CT molecular complexity index is 123. The molecule has 0 heterocycles. The average molecular weight is 155 g/mol. The Labute approximate surface area is 70.7 Å². The van der Waals surface area contributed by atoms with E-state index in [4.69, 9.17) is 5.73 Å². The molecule has 0 saturated carbocycles. The van der Waals surface area contributed by atoms with Crippen LogP contribution in [0.4, 0.5) is 0 Å². The maximum Gasteiger partial charge on any atom is 0.00135 e. The minimum absolute atomic E-state index is 0.337. The molecule has 1 heteroatoms. The van der Waals surface area contributed by atoms with Gasteiger partial charge in [-0.25, -0.2) is 0 Å². The first-order chi connectivity index (χ1) is 5.07. The monoisotopic (exact) mass is 155 g/mol. The van der Waals surface area contributed by atoms with Gasteiger partial charge in [0.15, 0.2) is 0 Å². The fraction of sp³-hybridized carbons (Fsp3) is 0.800. The lowest BCUT2D eigenvalue weighted by Crippen LogP contribution is -2.15. The normalized spacial score (nSPS) is 15.6. The molecule has 0 unspecified atom stereocenters. The van der Waals surface area contributed by atoms with Crippen molar-refractivity contribution in [2.45, 2.75) is 46.6 Å². The number of allylic oxidation sites excluding steroid dienone is 2. The van der Waals surface area contributed by atoms with Crippen LogP contribution in [-0.2, 0) is 0 Å². The van der Waals surface area contributed by atoms with Crippen molar-refractivity contribution in [1.82, 2.24) is 0 Å². The molecule has 0 aromatic heterocycles. The van der Waals surface area contributed by atoms with Gasteiger partial charge in [-0.1, -0.05) is 25.5 Å². The standard InChI is InChI=1S/C10H21N/c1-5-10(8(2)3)7-6-9(4)11/h5,8-9H,6-7,11H2,1-4H3/b10-5+/t9-/m1/s1. The Kier molecular flexibility index (Phi) is 5.22. The van der Waals surface area contributed by atoms with Gasteiger partial charge in [0.05, 0.1) is 0 Å². The number of hydrogen-bond acceptors (Lipinski definition) is 1. The molecule has 11 heavy (non-hydrogen) atoms. The van der Waals surface area contributed by atoms with Crippen molar-refractivity contribution in [2.24, 2.45) is 11.7 Å². The molecule has 66 valence electrons. The summed E-state index contributed by atoms with van der Waals surface area (Å²) in [6.07, 6.45) is 4.48. The fourth-order valence-corrected chi connectivity index (χ4v) is 1.16. The van der Waals surface area contributed by atoms with Crippen molar-refractivity contribution in [1.29, 1.82) is 0 Å². The second kappa shape index (κ2) is 5.36. The van der Waals surface area contributed by atoms with E-state index in [0.717, 1.165) is 12.8 Å². The van der Waals surface area contributed by atoms with Crippen molar-refractivity contribution >= 4 is 0 Å². The van der Waals surface area contributed by atoms with E-state index in [1.165, 1.54) is 5.57 Å². The van der Waals surface area contributed by atoms with Crippen LogP contribution >= 0.6 is 0 Å². The first kappa shape index (κ1) is 10.7. The zero-order valence-electron chi connectivity index (χ0n) is 8.22. The molecule has 2 N–H and O–H groups in total. The maximum atomic E-state index is 5.67. The summed E-state index contributed by atoms with van der Waals surface area (Å²) < 4.78 is 0. The molecular formula is C10H21N. The summed E-state index contributed by atoms with van der Waals surface area (Å²) in [5, 5.41) is 0. The Morgan fingerprint density at radius 3 is 2.18 bits per heavy atom. The largest absolute Gasteiger partial charge is 0.328 e. The van der Waals surface area contributed by atoms with Gasteiger partial charge >= 0.3 is 0 Å². The SMILES string of the molecule is C/C=C(\CC[C@@H](C)N)C(C)C. The molecule has 0 aromatic carbocycles. The molecule has 1 atom stereocenters. The van der Waals surface area contributed by atoms with Crippen LogP contribution < -0.4 is 5.73 Å². The first-order valence-electron chi connectivity index (χ1n) is 4.48. The van der Waals surface area contributed by atoms with Gasteiger partial charge in [-0.05, 0) is 32.6 Å². The van der Waals surface area contributed by atoms with Gasteiger partial charge in [0.2, 0.25) is 0 Å². The van der Waals surface area contributed by atoms with Crippen LogP contribution in [0.5, 0.6) is 0 Å². The topological polar surface area (TPSA) is 26.0 Å². The van der Waals surface area contributed by atoms with E-state index in [1.807, 2.05) is 0 Å². The van der Waals surface area contributed by atoms with Crippen LogP contribution in [0, 0.1) is 5.92 Å². The minimum Gasteiger partial charge on any atom is -0.328 e. The molecule has 0 aliphatic heterocycles. The average Bonchev–Trinajstić information content (AvgIpc) is 1.87. The molecule has 0 aliphatic carbocycles. The zero-order valence-corrected chi connectivity index (χ0v) is 8.22. The lowest BCUT2D eigenvalue weighted by atomic mass is 9.97. The van der Waals surface area contributed by atoms with Crippen molar-refractivity contribution in [3.63, 3.8) is 0 Å². The van der Waals surface area contributed by atoms with Gasteiger partial charge in [-0.2, -0.15) is 0 Å². The Balaban J connectivity index is 3.72. The summed E-state index contributed by atoms with van der Waals surface area (Å²) in [7, 11) is 0. The third-order valence-corrected chi connectivity index (χ3v) is 2.00. The summed E-state index contributed by atoms with van der Waals surface area (Å²) >= 11 is 0. The van der Waals surface area contributed by atoms with Crippen LogP contribution in [0.15, 0.2) is 11.6 Å². The molecule has 1 nitrogen and oxygen atoms in total. The zero-order chi connectivity index (χ0) is 8.85. The van der Waals surface area contributed by atoms with Gasteiger partial charge in [0, 0.05) is 6.04 Å². The molecular weight excluding hydrogens is 134 g/mol. The third kappa shape index (κ3) is 5.02. The molecule has 0 aromatic rings. The van der Waals surface area contributed by atoms with Gasteiger partial charge in [-0.15, -0.1) is 0 Å². The number of nitrogens with two attached hydrogens (primary N) is 1. The lowest BCUT2D eigenvalue weighted by molar-refractivity contribution is 0.617. The van der Waals surface area contributed by atoms with Crippen molar-refractivity contribution in [3.8, 4) is 0 Å². The van der Waals surface area contributed by atoms with E-state index >= 15 is 0 Å². The second-order valence-electron chi connectivity index (χ2n) is 3.53.